The fraction of sp³-hybridized carbons (Fsp3) is 0.125. The van der Waals surface area contributed by atoms with Gasteiger partial charge in [-0.3, -0.25) is 0 Å². The zero-order chi connectivity index (χ0) is 25.0. The fourth-order valence-electron chi connectivity index (χ4n) is 3.67. The van der Waals surface area contributed by atoms with Crippen LogP contribution in [0, 0.1) is 0 Å². The van der Waals surface area contributed by atoms with Crippen molar-refractivity contribution in [1.82, 2.24) is 0 Å². The van der Waals surface area contributed by atoms with Crippen LogP contribution in [0.4, 0.5) is 0 Å². The van der Waals surface area contributed by atoms with Gasteiger partial charge in [-0.05, 0) is 58.7 Å². The van der Waals surface area contributed by atoms with E-state index in [0.29, 0.717) is 35.8 Å². The number of ether oxygens (including phenoxy) is 2. The first kappa shape index (κ1) is 25.0. The number of rotatable bonds is 11. The predicted octanol–water partition coefficient (Wildman–Crippen LogP) is 6.64. The molecule has 4 aromatic rings. The van der Waals surface area contributed by atoms with Crippen molar-refractivity contribution in [3.63, 3.8) is 0 Å². The molecule has 0 bridgehead atoms. The molecule has 0 fully saturated rings. The lowest BCUT2D eigenvalue weighted by atomic mass is 9.98. The van der Waals surface area contributed by atoms with E-state index in [0.717, 1.165) is 11.1 Å². The summed E-state index contributed by atoms with van der Waals surface area (Å²) in [5, 5.41) is 21.4. The zero-order valence-corrected chi connectivity index (χ0v) is 20.0. The molecule has 2 N–H and O–H groups in total. The maximum absolute atomic E-state index is 10.7. The smallest absolute Gasteiger partial charge is 0.119 e. The third kappa shape index (κ3) is 7.44. The maximum Gasteiger partial charge on any atom is 0.119 e. The van der Waals surface area contributed by atoms with Crippen molar-refractivity contribution in [3.8, 4) is 11.5 Å². The molecule has 4 heteroatoms. The molecule has 0 aliphatic heterocycles. The van der Waals surface area contributed by atoms with Crippen LogP contribution >= 0.6 is 0 Å². The first-order valence-corrected chi connectivity index (χ1v) is 11.9. The molecule has 0 amide bonds. The van der Waals surface area contributed by atoms with E-state index in [1.54, 1.807) is 48.5 Å². The maximum atomic E-state index is 10.7. The highest BCUT2D eigenvalue weighted by Gasteiger charge is 2.20. The summed E-state index contributed by atoms with van der Waals surface area (Å²) in [6.45, 7) is 0.881. The number of aliphatic hydroxyl groups excluding tert-OH is 2. The van der Waals surface area contributed by atoms with Crippen molar-refractivity contribution in [2.75, 3.05) is 13.2 Å². The summed E-state index contributed by atoms with van der Waals surface area (Å²) in [5.74, 6) is 1.39. The Morgan fingerprint density at radius 1 is 0.500 bits per heavy atom. The van der Waals surface area contributed by atoms with Crippen molar-refractivity contribution in [1.29, 1.82) is 0 Å². The topological polar surface area (TPSA) is 58.9 Å². The van der Waals surface area contributed by atoms with E-state index < -0.39 is 12.2 Å². The summed E-state index contributed by atoms with van der Waals surface area (Å²) in [6, 6.07) is 34.3. The first-order valence-electron chi connectivity index (χ1n) is 11.9. The van der Waals surface area contributed by atoms with Crippen LogP contribution in [0.3, 0.4) is 0 Å². The van der Waals surface area contributed by atoms with Crippen LogP contribution in [0.25, 0.3) is 12.2 Å². The Balaban J connectivity index is 1.25. The molecule has 4 aromatic carbocycles. The van der Waals surface area contributed by atoms with Gasteiger partial charge in [-0.25, -0.2) is 0 Å². The van der Waals surface area contributed by atoms with E-state index in [-0.39, 0.29) is 0 Å². The van der Waals surface area contributed by atoms with Crippen LogP contribution in [0.2, 0.25) is 0 Å². The molecular weight excluding hydrogens is 448 g/mol. The summed E-state index contributed by atoms with van der Waals surface area (Å²) in [6.07, 6.45) is 5.80. The predicted molar refractivity (Wildman–Crippen MR) is 145 cm³/mol. The van der Waals surface area contributed by atoms with E-state index >= 15 is 0 Å². The average molecular weight is 479 g/mol. The fourth-order valence-corrected chi connectivity index (χ4v) is 3.67. The van der Waals surface area contributed by atoms with Crippen LogP contribution in [0.5, 0.6) is 11.5 Å². The average Bonchev–Trinajstić information content (AvgIpc) is 2.94. The highest BCUT2D eigenvalue weighted by atomic mass is 16.5. The summed E-state index contributed by atoms with van der Waals surface area (Å²) >= 11 is 0. The van der Waals surface area contributed by atoms with Gasteiger partial charge in [0.05, 0.1) is 0 Å². The monoisotopic (exact) mass is 478 g/mol. The number of benzene rings is 4. The Kier molecular flexibility index (Phi) is 9.09. The van der Waals surface area contributed by atoms with Gasteiger partial charge < -0.3 is 19.7 Å². The molecule has 0 saturated heterocycles. The quantitative estimate of drug-likeness (QED) is 0.254. The standard InChI is InChI=1S/C32H30O4/c33-31(27-15-19-29(20-16-27)35-23-7-13-25-9-3-1-4-10-25)32(34)28-17-21-30(22-18-28)36-24-8-14-26-11-5-2-6-12-26/h1-22,31-34H,23-24H2/b13-7+,14-8+/t31-,32-/m1/s1. The second kappa shape index (κ2) is 13.1. The summed E-state index contributed by atoms with van der Waals surface area (Å²) < 4.78 is 11.5. The van der Waals surface area contributed by atoms with Gasteiger partial charge in [0.1, 0.15) is 36.9 Å². The Labute approximate surface area is 212 Å². The number of hydrogen-bond donors (Lipinski definition) is 2. The van der Waals surface area contributed by atoms with Crippen molar-refractivity contribution >= 4 is 12.2 Å². The van der Waals surface area contributed by atoms with Crippen molar-refractivity contribution in [3.05, 3.63) is 144 Å². The van der Waals surface area contributed by atoms with Gasteiger partial charge in [0.25, 0.3) is 0 Å². The molecule has 0 heterocycles. The third-order valence-electron chi connectivity index (χ3n) is 5.65. The minimum Gasteiger partial charge on any atom is -0.490 e. The van der Waals surface area contributed by atoms with Crippen LogP contribution in [0.15, 0.2) is 121 Å². The summed E-state index contributed by atoms with van der Waals surface area (Å²) in [4.78, 5) is 0. The van der Waals surface area contributed by atoms with Crippen LogP contribution < -0.4 is 9.47 Å². The van der Waals surface area contributed by atoms with Crippen molar-refractivity contribution in [2.24, 2.45) is 0 Å². The molecule has 0 aliphatic rings. The van der Waals surface area contributed by atoms with E-state index in [1.807, 2.05) is 85.0 Å². The summed E-state index contributed by atoms with van der Waals surface area (Å²) in [7, 11) is 0. The second-order valence-corrected chi connectivity index (χ2v) is 8.28. The lowest BCUT2D eigenvalue weighted by molar-refractivity contribution is 0.0172. The highest BCUT2D eigenvalue weighted by Crippen LogP contribution is 2.30. The van der Waals surface area contributed by atoms with Gasteiger partial charge in [-0.2, -0.15) is 0 Å². The molecule has 182 valence electrons. The largest absolute Gasteiger partial charge is 0.490 e. The Bertz CT molecular complexity index is 1130. The zero-order valence-electron chi connectivity index (χ0n) is 20.0. The second-order valence-electron chi connectivity index (χ2n) is 8.28. The van der Waals surface area contributed by atoms with E-state index in [4.69, 9.17) is 9.47 Å². The molecule has 0 spiro atoms. The lowest BCUT2D eigenvalue weighted by Gasteiger charge is -2.19. The third-order valence-corrected chi connectivity index (χ3v) is 5.65. The minimum atomic E-state index is -1.06. The molecule has 36 heavy (non-hydrogen) atoms. The Morgan fingerprint density at radius 3 is 1.22 bits per heavy atom. The van der Waals surface area contributed by atoms with Crippen molar-refractivity contribution in [2.45, 2.75) is 12.2 Å². The van der Waals surface area contributed by atoms with E-state index in [1.165, 1.54) is 0 Å². The van der Waals surface area contributed by atoms with E-state index in [9.17, 15) is 10.2 Å². The van der Waals surface area contributed by atoms with Crippen molar-refractivity contribution < 1.29 is 19.7 Å². The molecule has 0 saturated carbocycles. The summed E-state index contributed by atoms with van der Waals surface area (Å²) in [5.41, 5.74) is 3.46. The first-order chi connectivity index (χ1) is 17.7. The van der Waals surface area contributed by atoms with Crippen LogP contribution in [-0.4, -0.2) is 23.4 Å². The molecule has 0 aliphatic carbocycles. The van der Waals surface area contributed by atoms with Crippen LogP contribution in [-0.2, 0) is 0 Å². The van der Waals surface area contributed by atoms with Gasteiger partial charge >= 0.3 is 0 Å². The van der Waals surface area contributed by atoms with Gasteiger partial charge in [-0.15, -0.1) is 0 Å². The normalized spacial score (nSPS) is 13.1. The Morgan fingerprint density at radius 2 is 0.861 bits per heavy atom. The van der Waals surface area contributed by atoms with Gasteiger partial charge in [0.15, 0.2) is 0 Å². The number of hydrogen-bond acceptors (Lipinski definition) is 4. The van der Waals surface area contributed by atoms with E-state index in [2.05, 4.69) is 0 Å². The molecule has 0 unspecified atom stereocenters. The molecule has 0 aromatic heterocycles. The lowest BCUT2D eigenvalue weighted by Crippen LogP contribution is -2.10. The molecule has 2 atom stereocenters. The van der Waals surface area contributed by atoms with Gasteiger partial charge in [-0.1, -0.05) is 97.1 Å². The van der Waals surface area contributed by atoms with Crippen LogP contribution in [0.1, 0.15) is 34.5 Å². The molecule has 0 radical (unpaired) electrons. The Hall–Kier alpha value is -4.12. The number of aliphatic hydroxyl groups is 2. The highest BCUT2D eigenvalue weighted by molar-refractivity contribution is 5.49. The molecule has 4 nitrogen and oxygen atoms in total. The molecule has 4 rings (SSSR count). The van der Waals surface area contributed by atoms with Gasteiger partial charge in [0, 0.05) is 0 Å². The SMILES string of the molecule is O[C@H](c1ccc(OC/C=C/c2ccccc2)cc1)[C@H](O)c1ccc(OC/C=C/c2ccccc2)cc1. The van der Waals surface area contributed by atoms with Gasteiger partial charge in [0.2, 0.25) is 0 Å². The molecular formula is C32H30O4. The minimum absolute atomic E-state index is 0.440.